The zero-order valence-electron chi connectivity index (χ0n) is 9.22. The molecule has 0 heterocycles. The molecule has 0 aromatic heterocycles. The maximum Gasteiger partial charge on any atom is 0.313 e. The van der Waals surface area contributed by atoms with E-state index in [1.54, 1.807) is 6.07 Å². The molecule has 0 aliphatic heterocycles. The molecule has 1 aromatic carbocycles. The summed E-state index contributed by atoms with van der Waals surface area (Å²) in [7, 11) is 0. The number of nitrogens with one attached hydrogen (secondary N) is 2. The molecule has 6 heteroatoms. The van der Waals surface area contributed by atoms with Crippen LogP contribution in [-0.4, -0.2) is 24.2 Å². The van der Waals surface area contributed by atoms with E-state index in [-0.39, 0.29) is 12.4 Å². The normalized spacial score (nSPS) is 9.82. The van der Waals surface area contributed by atoms with E-state index in [4.69, 9.17) is 11.6 Å². The fourth-order valence-corrected chi connectivity index (χ4v) is 1.83. The largest absolute Gasteiger partial charge is 0.347 e. The van der Waals surface area contributed by atoms with Gasteiger partial charge in [0.2, 0.25) is 0 Å². The van der Waals surface area contributed by atoms with Gasteiger partial charge in [-0.15, -0.1) is 11.6 Å². The molecule has 0 aliphatic carbocycles. The summed E-state index contributed by atoms with van der Waals surface area (Å²) in [5, 5.41) is 4.89. The van der Waals surface area contributed by atoms with Crippen molar-refractivity contribution >= 4 is 45.0 Å². The Morgan fingerprint density at radius 2 is 2.06 bits per heavy atom. The fourth-order valence-electron chi connectivity index (χ4n) is 1.14. The van der Waals surface area contributed by atoms with Crippen molar-refractivity contribution in [3.8, 4) is 0 Å². The number of hydrogen-bond acceptors (Lipinski definition) is 2. The van der Waals surface area contributed by atoms with Gasteiger partial charge in [-0.25, -0.2) is 0 Å². The summed E-state index contributed by atoms with van der Waals surface area (Å²) >= 11 is 8.71. The number of carbonyl (C=O) groups is 2. The minimum absolute atomic E-state index is 0.267. The summed E-state index contributed by atoms with van der Waals surface area (Å²) in [6.07, 6.45) is 0. The van der Waals surface area contributed by atoms with Crippen LogP contribution in [0.3, 0.4) is 0 Å². The minimum atomic E-state index is -0.709. The lowest BCUT2D eigenvalue weighted by molar-refractivity contribution is -0.136. The van der Waals surface area contributed by atoms with Crippen LogP contribution < -0.4 is 10.6 Å². The molecule has 4 nitrogen and oxygen atoms in total. The van der Waals surface area contributed by atoms with E-state index in [2.05, 4.69) is 26.6 Å². The summed E-state index contributed by atoms with van der Waals surface area (Å²) < 4.78 is 0.732. The lowest BCUT2D eigenvalue weighted by Gasteiger charge is -2.07. The summed E-state index contributed by atoms with van der Waals surface area (Å²) in [6, 6.07) is 5.43. The van der Waals surface area contributed by atoms with Gasteiger partial charge in [0.15, 0.2) is 0 Å². The van der Waals surface area contributed by atoms with Gasteiger partial charge in [-0.3, -0.25) is 9.59 Å². The van der Waals surface area contributed by atoms with Crippen LogP contribution in [0.5, 0.6) is 0 Å². The average molecular weight is 320 g/mol. The molecule has 1 aromatic rings. The highest BCUT2D eigenvalue weighted by atomic mass is 79.9. The third kappa shape index (κ3) is 4.36. The van der Waals surface area contributed by atoms with Gasteiger partial charge in [-0.05, 0) is 40.5 Å². The van der Waals surface area contributed by atoms with E-state index < -0.39 is 11.8 Å². The summed E-state index contributed by atoms with van der Waals surface area (Å²) in [5.74, 6) is -1.13. The topological polar surface area (TPSA) is 58.2 Å². The highest BCUT2D eigenvalue weighted by Crippen LogP contribution is 2.23. The number of benzene rings is 1. The molecule has 0 fully saturated rings. The van der Waals surface area contributed by atoms with Gasteiger partial charge in [-0.1, -0.05) is 6.07 Å². The smallest absolute Gasteiger partial charge is 0.313 e. The van der Waals surface area contributed by atoms with Crippen LogP contribution in [0.2, 0.25) is 0 Å². The van der Waals surface area contributed by atoms with Crippen LogP contribution in [0.15, 0.2) is 22.7 Å². The molecule has 0 radical (unpaired) electrons. The molecule has 0 spiro atoms. The van der Waals surface area contributed by atoms with Crippen LogP contribution in [0.25, 0.3) is 0 Å². The average Bonchev–Trinajstić information content (AvgIpc) is 2.29. The second kappa shape index (κ2) is 6.61. The predicted molar refractivity (Wildman–Crippen MR) is 71.2 cm³/mol. The van der Waals surface area contributed by atoms with Crippen molar-refractivity contribution in [2.24, 2.45) is 0 Å². The lowest BCUT2D eigenvalue weighted by atomic mass is 10.2. The second-order valence-electron chi connectivity index (χ2n) is 3.38. The lowest BCUT2D eigenvalue weighted by Crippen LogP contribution is -2.36. The maximum absolute atomic E-state index is 11.5. The van der Waals surface area contributed by atoms with E-state index in [9.17, 15) is 9.59 Å². The Bertz CT molecular complexity index is 437. The van der Waals surface area contributed by atoms with Gasteiger partial charge in [0.05, 0.1) is 5.69 Å². The number of anilines is 1. The third-order valence-corrected chi connectivity index (χ3v) is 2.80. The van der Waals surface area contributed by atoms with E-state index in [1.807, 2.05) is 19.1 Å². The molecule has 0 unspecified atom stereocenters. The summed E-state index contributed by atoms with van der Waals surface area (Å²) in [4.78, 5) is 22.8. The first-order valence-corrected chi connectivity index (χ1v) is 6.28. The van der Waals surface area contributed by atoms with Crippen molar-refractivity contribution < 1.29 is 9.59 Å². The van der Waals surface area contributed by atoms with Gasteiger partial charge in [0, 0.05) is 16.9 Å². The van der Waals surface area contributed by atoms with E-state index in [0.29, 0.717) is 5.69 Å². The van der Waals surface area contributed by atoms with Gasteiger partial charge in [-0.2, -0.15) is 0 Å². The molecular weight excluding hydrogens is 307 g/mol. The molecule has 0 saturated heterocycles. The Kier molecular flexibility index (Phi) is 5.44. The first-order chi connectivity index (χ1) is 8.04. The van der Waals surface area contributed by atoms with Crippen molar-refractivity contribution in [2.75, 3.05) is 17.7 Å². The van der Waals surface area contributed by atoms with Crippen molar-refractivity contribution in [1.29, 1.82) is 0 Å². The molecule has 0 saturated carbocycles. The van der Waals surface area contributed by atoms with E-state index in [1.165, 1.54) is 0 Å². The highest BCUT2D eigenvalue weighted by Gasteiger charge is 2.13. The van der Waals surface area contributed by atoms with E-state index in [0.717, 1.165) is 10.0 Å². The van der Waals surface area contributed by atoms with Crippen LogP contribution in [0, 0.1) is 6.92 Å². The van der Waals surface area contributed by atoms with Crippen LogP contribution in [0.4, 0.5) is 5.69 Å². The fraction of sp³-hybridized carbons (Fsp3) is 0.273. The quantitative estimate of drug-likeness (QED) is 0.662. The maximum atomic E-state index is 11.5. The van der Waals surface area contributed by atoms with Gasteiger partial charge >= 0.3 is 11.8 Å². The Hall–Kier alpha value is -1.07. The molecule has 0 aliphatic rings. The third-order valence-electron chi connectivity index (χ3n) is 1.96. The molecule has 1 rings (SSSR count). The number of carbonyl (C=O) groups excluding carboxylic acids is 2. The second-order valence-corrected chi connectivity index (χ2v) is 4.61. The van der Waals surface area contributed by atoms with Crippen LogP contribution in [0.1, 0.15) is 5.56 Å². The highest BCUT2D eigenvalue weighted by molar-refractivity contribution is 9.10. The molecule has 17 heavy (non-hydrogen) atoms. The monoisotopic (exact) mass is 318 g/mol. The zero-order chi connectivity index (χ0) is 12.8. The number of rotatable bonds is 3. The van der Waals surface area contributed by atoms with Crippen molar-refractivity contribution in [2.45, 2.75) is 6.92 Å². The van der Waals surface area contributed by atoms with Crippen molar-refractivity contribution in [1.82, 2.24) is 5.32 Å². The number of hydrogen-bond donors (Lipinski definition) is 2. The molecule has 0 bridgehead atoms. The molecule has 0 atom stereocenters. The molecule has 92 valence electrons. The van der Waals surface area contributed by atoms with Crippen molar-refractivity contribution in [3.63, 3.8) is 0 Å². The van der Waals surface area contributed by atoms with Crippen molar-refractivity contribution in [3.05, 3.63) is 28.2 Å². The summed E-state index contributed by atoms with van der Waals surface area (Å²) in [5.41, 5.74) is 1.61. The Morgan fingerprint density at radius 3 is 2.65 bits per heavy atom. The Labute approximate surface area is 113 Å². The SMILES string of the molecule is Cc1ccc(NC(=O)C(=O)NCCCl)c(Br)c1. The number of halogens is 2. The van der Waals surface area contributed by atoms with Crippen LogP contribution >= 0.6 is 27.5 Å². The number of aryl methyl sites for hydroxylation is 1. The first-order valence-electron chi connectivity index (χ1n) is 4.96. The number of amides is 2. The summed E-state index contributed by atoms with van der Waals surface area (Å²) in [6.45, 7) is 2.20. The minimum Gasteiger partial charge on any atom is -0.347 e. The first kappa shape index (κ1) is 14.0. The number of alkyl halides is 1. The van der Waals surface area contributed by atoms with E-state index >= 15 is 0 Å². The van der Waals surface area contributed by atoms with Gasteiger partial charge < -0.3 is 10.6 Å². The Balaban J connectivity index is 2.64. The standard InChI is InChI=1S/C11H12BrClN2O2/c1-7-2-3-9(8(12)6-7)15-11(17)10(16)14-5-4-13/h2-3,6H,4-5H2,1H3,(H,14,16)(H,15,17). The zero-order valence-corrected chi connectivity index (χ0v) is 11.6. The Morgan fingerprint density at radius 1 is 1.35 bits per heavy atom. The predicted octanol–water partition coefficient (Wildman–Crippen LogP) is 2.05. The van der Waals surface area contributed by atoms with Gasteiger partial charge in [0.1, 0.15) is 0 Å². The molecular formula is C11H12BrClN2O2. The molecule has 2 amide bonds. The van der Waals surface area contributed by atoms with Crippen LogP contribution in [-0.2, 0) is 9.59 Å². The van der Waals surface area contributed by atoms with Gasteiger partial charge in [0.25, 0.3) is 0 Å². The molecule has 2 N–H and O–H groups in total.